The van der Waals surface area contributed by atoms with E-state index in [1.54, 1.807) is 13.8 Å². The third kappa shape index (κ3) is 3.51. The average molecular weight is 427 g/mol. The number of hydrogen-bond acceptors (Lipinski definition) is 3. The van der Waals surface area contributed by atoms with Crippen LogP contribution in [0, 0.1) is 18.8 Å². The minimum absolute atomic E-state index is 0.148. The summed E-state index contributed by atoms with van der Waals surface area (Å²) in [5, 5.41) is 12.7. The molecule has 26 heavy (non-hydrogen) atoms. The highest BCUT2D eigenvalue weighted by Gasteiger charge is 2.35. The summed E-state index contributed by atoms with van der Waals surface area (Å²) >= 11 is 3.38. The van der Waals surface area contributed by atoms with E-state index in [1.807, 2.05) is 18.2 Å². The van der Waals surface area contributed by atoms with Gasteiger partial charge in [0.2, 0.25) is 0 Å². The molecule has 3 aromatic rings. The predicted molar refractivity (Wildman–Crippen MR) is 94.3 cm³/mol. The maximum absolute atomic E-state index is 14.3. The number of nitrogens with zero attached hydrogens (tertiary/aromatic N) is 2. The summed E-state index contributed by atoms with van der Waals surface area (Å²) < 4.78 is 53.9. The molecule has 0 spiro atoms. The summed E-state index contributed by atoms with van der Waals surface area (Å²) in [6.45, 7) is 3.36. The Morgan fingerprint density at radius 3 is 2.58 bits per heavy atom. The predicted octanol–water partition coefficient (Wildman–Crippen LogP) is 5.83. The molecule has 0 aliphatic rings. The molecule has 0 aliphatic carbocycles. The summed E-state index contributed by atoms with van der Waals surface area (Å²) in [5.74, 6) is -0.960. The number of halogens is 5. The number of benzene rings is 2. The van der Waals surface area contributed by atoms with Crippen LogP contribution >= 0.6 is 15.9 Å². The molecule has 1 N–H and O–H groups in total. The molecule has 2 aromatic carbocycles. The van der Waals surface area contributed by atoms with Crippen LogP contribution in [0.15, 0.2) is 34.8 Å². The van der Waals surface area contributed by atoms with Crippen molar-refractivity contribution in [2.24, 2.45) is 0 Å². The molecule has 0 amide bonds. The molecule has 0 bridgehead atoms. The molecule has 0 fully saturated rings. The Balaban J connectivity index is 2.02. The Hall–Kier alpha value is -2.22. The van der Waals surface area contributed by atoms with Crippen LogP contribution in [-0.2, 0) is 6.18 Å². The van der Waals surface area contributed by atoms with Crippen LogP contribution in [0.5, 0.6) is 0 Å². The second-order valence-corrected chi connectivity index (χ2v) is 6.74. The molecule has 1 aromatic heterocycles. The largest absolute Gasteiger partial charge is 0.419 e. The summed E-state index contributed by atoms with van der Waals surface area (Å²) in [5.41, 5.74) is -0.777. The topological polar surface area (TPSA) is 37.8 Å². The van der Waals surface area contributed by atoms with Gasteiger partial charge in [-0.15, -0.1) is 5.10 Å². The van der Waals surface area contributed by atoms with Gasteiger partial charge in [-0.3, -0.25) is 0 Å². The number of aromatic nitrogens is 2. The molecule has 1 heterocycles. The first-order valence-corrected chi connectivity index (χ1v) is 8.43. The van der Waals surface area contributed by atoms with Crippen LogP contribution in [0.3, 0.4) is 0 Å². The maximum atomic E-state index is 14.3. The van der Waals surface area contributed by atoms with Gasteiger partial charge in [-0.2, -0.15) is 18.3 Å². The van der Waals surface area contributed by atoms with Crippen molar-refractivity contribution in [2.75, 3.05) is 5.32 Å². The average Bonchev–Trinajstić information content (AvgIpc) is 2.56. The van der Waals surface area contributed by atoms with E-state index >= 15 is 0 Å². The van der Waals surface area contributed by atoms with Crippen LogP contribution in [0.4, 0.5) is 23.4 Å². The first kappa shape index (κ1) is 18.6. The van der Waals surface area contributed by atoms with Crippen molar-refractivity contribution in [1.29, 1.82) is 0 Å². The highest BCUT2D eigenvalue weighted by Crippen LogP contribution is 2.35. The lowest BCUT2D eigenvalue weighted by atomic mass is 10.0. The van der Waals surface area contributed by atoms with E-state index in [4.69, 9.17) is 0 Å². The van der Waals surface area contributed by atoms with Gasteiger partial charge in [0.1, 0.15) is 5.82 Å². The number of alkyl halides is 3. The number of hydrogen-bond donors (Lipinski definition) is 1. The minimum atomic E-state index is -4.78. The van der Waals surface area contributed by atoms with Crippen molar-refractivity contribution in [3.05, 3.63) is 63.5 Å². The fraction of sp³-hybridized carbons (Fsp3) is 0.222. The van der Waals surface area contributed by atoms with Gasteiger partial charge >= 0.3 is 6.18 Å². The lowest BCUT2D eigenvalue weighted by Gasteiger charge is -2.19. The lowest BCUT2D eigenvalue weighted by Crippen LogP contribution is -2.15. The van der Waals surface area contributed by atoms with Crippen LogP contribution in [0.2, 0.25) is 0 Å². The smallest absolute Gasteiger partial charge is 0.361 e. The van der Waals surface area contributed by atoms with Crippen LogP contribution in [0.1, 0.15) is 29.8 Å². The van der Waals surface area contributed by atoms with Gasteiger partial charge in [-0.1, -0.05) is 22.0 Å². The Kier molecular flexibility index (Phi) is 4.88. The number of nitrogens with one attached hydrogen (secondary N) is 1. The highest BCUT2D eigenvalue weighted by atomic mass is 79.9. The molecular weight excluding hydrogens is 414 g/mol. The van der Waals surface area contributed by atoms with E-state index in [0.717, 1.165) is 15.2 Å². The molecule has 1 radical (unpaired) electrons. The van der Waals surface area contributed by atoms with Crippen LogP contribution in [-0.4, -0.2) is 10.2 Å². The van der Waals surface area contributed by atoms with Gasteiger partial charge in [-0.25, -0.2) is 4.39 Å². The van der Waals surface area contributed by atoms with E-state index in [1.165, 1.54) is 6.07 Å². The zero-order chi connectivity index (χ0) is 19.1. The standard InChI is InChI=1S/C18H13BrF4N3/c1-9(13-4-3-5-15(16(13)20)18(21,22)23)24-17-14-8-11(19)6-7-12(14)10(2)25-26-17/h4-9H,1-2H3,(H,24,26)/t9-/m1/s1. The van der Waals surface area contributed by atoms with Crippen molar-refractivity contribution in [1.82, 2.24) is 10.2 Å². The van der Waals surface area contributed by atoms with E-state index in [0.29, 0.717) is 17.6 Å². The van der Waals surface area contributed by atoms with Crippen molar-refractivity contribution in [3.63, 3.8) is 0 Å². The van der Waals surface area contributed by atoms with Crippen molar-refractivity contribution in [3.8, 4) is 0 Å². The number of fused-ring (bicyclic) bond motifs is 1. The number of anilines is 1. The van der Waals surface area contributed by atoms with Gasteiger partial charge in [0.15, 0.2) is 5.82 Å². The quantitative estimate of drug-likeness (QED) is 0.535. The van der Waals surface area contributed by atoms with E-state index in [9.17, 15) is 17.6 Å². The second kappa shape index (κ2) is 6.83. The zero-order valence-electron chi connectivity index (χ0n) is 13.7. The Morgan fingerprint density at radius 2 is 1.88 bits per heavy atom. The summed E-state index contributed by atoms with van der Waals surface area (Å²) in [7, 11) is 0. The Labute approximate surface area is 155 Å². The number of rotatable bonds is 3. The molecule has 3 nitrogen and oxygen atoms in total. The van der Waals surface area contributed by atoms with E-state index in [2.05, 4.69) is 37.5 Å². The second-order valence-electron chi connectivity index (χ2n) is 5.83. The minimum Gasteiger partial charge on any atom is -0.361 e. The van der Waals surface area contributed by atoms with Gasteiger partial charge in [0.25, 0.3) is 0 Å². The van der Waals surface area contributed by atoms with Crippen molar-refractivity contribution in [2.45, 2.75) is 26.1 Å². The summed E-state index contributed by atoms with van der Waals surface area (Å²) in [6.07, 6.45) is -4.78. The zero-order valence-corrected chi connectivity index (χ0v) is 15.3. The van der Waals surface area contributed by atoms with E-state index < -0.39 is 23.6 Å². The maximum Gasteiger partial charge on any atom is 0.419 e. The molecule has 1 atom stereocenters. The molecule has 0 aliphatic heterocycles. The van der Waals surface area contributed by atoms with E-state index in [-0.39, 0.29) is 5.56 Å². The van der Waals surface area contributed by atoms with Crippen LogP contribution in [0.25, 0.3) is 10.8 Å². The Bertz CT molecular complexity index is 973. The summed E-state index contributed by atoms with van der Waals surface area (Å²) in [6, 6.07) is 8.91. The van der Waals surface area contributed by atoms with Gasteiger partial charge in [0, 0.05) is 20.8 Å². The summed E-state index contributed by atoms with van der Waals surface area (Å²) in [4.78, 5) is 0. The van der Waals surface area contributed by atoms with Crippen molar-refractivity contribution < 1.29 is 17.6 Å². The fourth-order valence-electron chi connectivity index (χ4n) is 2.67. The first-order valence-electron chi connectivity index (χ1n) is 7.64. The SMILES string of the molecule is Cc1nnc(N[C@H](C)c2c[c]cc(C(F)(F)F)c2F)c2cc(Br)ccc12. The third-order valence-electron chi connectivity index (χ3n) is 4.01. The third-order valence-corrected chi connectivity index (χ3v) is 4.50. The number of aryl methyl sites for hydroxylation is 1. The molecule has 0 saturated carbocycles. The molecule has 0 unspecified atom stereocenters. The molecule has 3 rings (SSSR count). The Morgan fingerprint density at radius 1 is 1.15 bits per heavy atom. The highest BCUT2D eigenvalue weighted by molar-refractivity contribution is 9.10. The molecular formula is C18H13BrF4N3. The lowest BCUT2D eigenvalue weighted by molar-refractivity contribution is -0.140. The van der Waals surface area contributed by atoms with Gasteiger partial charge < -0.3 is 5.32 Å². The van der Waals surface area contributed by atoms with Gasteiger partial charge in [-0.05, 0) is 44.2 Å². The van der Waals surface area contributed by atoms with Crippen LogP contribution < -0.4 is 5.32 Å². The van der Waals surface area contributed by atoms with Crippen molar-refractivity contribution >= 4 is 32.5 Å². The molecule has 135 valence electrons. The fourth-order valence-corrected chi connectivity index (χ4v) is 3.03. The molecule has 8 heteroatoms. The monoisotopic (exact) mass is 426 g/mol. The first-order chi connectivity index (χ1) is 12.2. The molecule has 0 saturated heterocycles. The normalized spacial score (nSPS) is 13.0. The van der Waals surface area contributed by atoms with Gasteiger partial charge in [0.05, 0.1) is 17.3 Å².